The van der Waals surface area contributed by atoms with Crippen molar-refractivity contribution in [2.45, 2.75) is 25.1 Å². The summed E-state index contributed by atoms with van der Waals surface area (Å²) in [4.78, 5) is 0. The van der Waals surface area contributed by atoms with E-state index in [1.165, 1.54) is 17.8 Å². The lowest BCUT2D eigenvalue weighted by molar-refractivity contribution is 0.126. The summed E-state index contributed by atoms with van der Waals surface area (Å²) in [7, 11) is 1.78. The van der Waals surface area contributed by atoms with E-state index in [1.807, 2.05) is 26.0 Å². The SMILES string of the molecule is Cc1cc(C)cc(OC[C@@H](O)CSc2nnc(-c3ccccc3F)n2C)c1. The van der Waals surface area contributed by atoms with Gasteiger partial charge in [0.05, 0.1) is 11.7 Å². The highest BCUT2D eigenvalue weighted by Gasteiger charge is 2.16. The quantitative estimate of drug-likeness (QED) is 0.626. The van der Waals surface area contributed by atoms with Crippen LogP contribution in [0, 0.1) is 19.7 Å². The number of halogens is 1. The van der Waals surface area contributed by atoms with E-state index in [0.717, 1.165) is 16.9 Å². The molecule has 3 rings (SSSR count). The molecule has 2 aromatic carbocycles. The number of aliphatic hydroxyl groups excluding tert-OH is 1. The summed E-state index contributed by atoms with van der Waals surface area (Å²) < 4.78 is 21.4. The molecule has 0 radical (unpaired) electrons. The molecule has 1 heterocycles. The van der Waals surface area contributed by atoms with Crippen LogP contribution in [0.2, 0.25) is 0 Å². The Morgan fingerprint density at radius 2 is 1.85 bits per heavy atom. The fraction of sp³-hybridized carbons (Fsp3) is 0.300. The van der Waals surface area contributed by atoms with Gasteiger partial charge in [-0.1, -0.05) is 30.0 Å². The largest absolute Gasteiger partial charge is 0.491 e. The van der Waals surface area contributed by atoms with Gasteiger partial charge in [-0.05, 0) is 49.2 Å². The number of rotatable bonds is 7. The van der Waals surface area contributed by atoms with Crippen molar-refractivity contribution in [3.8, 4) is 17.1 Å². The molecule has 27 heavy (non-hydrogen) atoms. The highest BCUT2D eigenvalue weighted by atomic mass is 32.2. The summed E-state index contributed by atoms with van der Waals surface area (Å²) in [6, 6.07) is 12.4. The Morgan fingerprint density at radius 3 is 2.56 bits per heavy atom. The zero-order chi connectivity index (χ0) is 19.4. The predicted molar refractivity (Wildman–Crippen MR) is 105 cm³/mol. The van der Waals surface area contributed by atoms with E-state index in [9.17, 15) is 9.50 Å². The van der Waals surface area contributed by atoms with Gasteiger partial charge < -0.3 is 14.4 Å². The first-order valence-electron chi connectivity index (χ1n) is 8.60. The molecule has 0 fully saturated rings. The highest BCUT2D eigenvalue weighted by Crippen LogP contribution is 2.25. The van der Waals surface area contributed by atoms with Gasteiger partial charge in [-0.2, -0.15) is 0 Å². The number of aliphatic hydroxyl groups is 1. The highest BCUT2D eigenvalue weighted by molar-refractivity contribution is 7.99. The second-order valence-corrected chi connectivity index (χ2v) is 7.43. The van der Waals surface area contributed by atoms with E-state index in [2.05, 4.69) is 16.3 Å². The maximum Gasteiger partial charge on any atom is 0.191 e. The third-order valence-corrected chi connectivity index (χ3v) is 5.16. The molecule has 0 bridgehead atoms. The number of hydrogen-bond donors (Lipinski definition) is 1. The molecule has 0 saturated carbocycles. The number of aryl methyl sites for hydroxylation is 2. The van der Waals surface area contributed by atoms with Crippen molar-refractivity contribution < 1.29 is 14.2 Å². The summed E-state index contributed by atoms with van der Waals surface area (Å²) in [5.74, 6) is 1.26. The Hall–Kier alpha value is -2.38. The number of benzene rings is 2. The molecule has 142 valence electrons. The monoisotopic (exact) mass is 387 g/mol. The van der Waals surface area contributed by atoms with Crippen LogP contribution in [0.3, 0.4) is 0 Å². The fourth-order valence-corrected chi connectivity index (χ4v) is 3.56. The molecule has 0 amide bonds. The number of thioether (sulfide) groups is 1. The average molecular weight is 387 g/mol. The van der Waals surface area contributed by atoms with Crippen molar-refractivity contribution in [3.05, 3.63) is 59.4 Å². The Balaban J connectivity index is 1.58. The van der Waals surface area contributed by atoms with Crippen LogP contribution in [-0.2, 0) is 7.05 Å². The third kappa shape index (κ3) is 4.87. The normalized spacial score (nSPS) is 12.2. The number of aromatic nitrogens is 3. The Morgan fingerprint density at radius 1 is 1.15 bits per heavy atom. The van der Waals surface area contributed by atoms with Gasteiger partial charge in [0, 0.05) is 12.8 Å². The minimum Gasteiger partial charge on any atom is -0.491 e. The van der Waals surface area contributed by atoms with Crippen LogP contribution in [-0.4, -0.2) is 38.3 Å². The van der Waals surface area contributed by atoms with Gasteiger partial charge in [-0.15, -0.1) is 10.2 Å². The van der Waals surface area contributed by atoms with Crippen molar-refractivity contribution in [1.82, 2.24) is 14.8 Å². The van der Waals surface area contributed by atoms with E-state index in [4.69, 9.17) is 4.74 Å². The maximum atomic E-state index is 14.0. The second-order valence-electron chi connectivity index (χ2n) is 6.44. The van der Waals surface area contributed by atoms with Crippen LogP contribution < -0.4 is 4.74 Å². The lowest BCUT2D eigenvalue weighted by Crippen LogP contribution is -2.20. The van der Waals surface area contributed by atoms with E-state index >= 15 is 0 Å². The van der Waals surface area contributed by atoms with Gasteiger partial charge in [0.25, 0.3) is 0 Å². The van der Waals surface area contributed by atoms with Gasteiger partial charge in [-0.25, -0.2) is 4.39 Å². The van der Waals surface area contributed by atoms with Crippen LogP contribution in [0.5, 0.6) is 5.75 Å². The molecule has 7 heteroatoms. The third-order valence-electron chi connectivity index (χ3n) is 3.99. The summed E-state index contributed by atoms with van der Waals surface area (Å²) >= 11 is 1.35. The predicted octanol–water partition coefficient (Wildman–Crippen LogP) is 3.77. The molecule has 0 aliphatic carbocycles. The zero-order valence-corrected chi connectivity index (χ0v) is 16.3. The Kier molecular flexibility index (Phi) is 6.13. The molecule has 0 unspecified atom stereocenters. The number of nitrogens with zero attached hydrogens (tertiary/aromatic N) is 3. The molecule has 1 atom stereocenters. The molecular weight excluding hydrogens is 365 g/mol. The zero-order valence-electron chi connectivity index (χ0n) is 15.5. The van der Waals surface area contributed by atoms with Gasteiger partial charge in [-0.3, -0.25) is 0 Å². The summed E-state index contributed by atoms with van der Waals surface area (Å²) in [5.41, 5.74) is 2.64. The number of ether oxygens (including phenoxy) is 1. The first kappa shape index (κ1) is 19.4. The van der Waals surface area contributed by atoms with E-state index in [0.29, 0.717) is 22.3 Å². The van der Waals surface area contributed by atoms with Gasteiger partial charge in [0.2, 0.25) is 0 Å². The fourth-order valence-electron chi connectivity index (χ4n) is 2.75. The Bertz CT molecular complexity index is 909. The van der Waals surface area contributed by atoms with Crippen molar-refractivity contribution in [3.63, 3.8) is 0 Å². The first-order chi connectivity index (χ1) is 12.9. The van der Waals surface area contributed by atoms with Gasteiger partial charge >= 0.3 is 0 Å². The standard InChI is InChI=1S/C20H22FN3O2S/c1-13-8-14(2)10-16(9-13)26-11-15(25)12-27-20-23-22-19(24(20)3)17-6-4-5-7-18(17)21/h4-10,15,25H,11-12H2,1-3H3/t15-/m1/s1. The maximum absolute atomic E-state index is 14.0. The van der Waals surface area contributed by atoms with Gasteiger partial charge in [0.1, 0.15) is 18.2 Å². The molecule has 0 saturated heterocycles. The van der Waals surface area contributed by atoms with Crippen LogP contribution in [0.1, 0.15) is 11.1 Å². The molecule has 5 nitrogen and oxygen atoms in total. The van der Waals surface area contributed by atoms with Crippen molar-refractivity contribution in [2.24, 2.45) is 7.05 Å². The minimum atomic E-state index is -0.663. The lowest BCUT2D eigenvalue weighted by atomic mass is 10.1. The lowest BCUT2D eigenvalue weighted by Gasteiger charge is -2.13. The number of hydrogen-bond acceptors (Lipinski definition) is 5. The topological polar surface area (TPSA) is 60.2 Å². The van der Waals surface area contributed by atoms with E-state index < -0.39 is 6.10 Å². The van der Waals surface area contributed by atoms with Crippen LogP contribution >= 0.6 is 11.8 Å². The summed E-state index contributed by atoms with van der Waals surface area (Å²) in [6.45, 7) is 4.20. The second kappa shape index (κ2) is 8.54. The molecule has 3 aromatic rings. The molecule has 1 N–H and O–H groups in total. The van der Waals surface area contributed by atoms with Crippen LogP contribution in [0.4, 0.5) is 4.39 Å². The van der Waals surface area contributed by atoms with Crippen molar-refractivity contribution in [1.29, 1.82) is 0 Å². The smallest absolute Gasteiger partial charge is 0.191 e. The van der Waals surface area contributed by atoms with Crippen LogP contribution in [0.25, 0.3) is 11.4 Å². The van der Waals surface area contributed by atoms with Crippen molar-refractivity contribution in [2.75, 3.05) is 12.4 Å². The van der Waals surface area contributed by atoms with E-state index in [1.54, 1.807) is 29.8 Å². The van der Waals surface area contributed by atoms with Gasteiger partial charge in [0.15, 0.2) is 11.0 Å². The first-order valence-corrected chi connectivity index (χ1v) is 9.59. The summed E-state index contributed by atoms with van der Waals surface area (Å²) in [6.07, 6.45) is -0.663. The Labute approximate surface area is 162 Å². The summed E-state index contributed by atoms with van der Waals surface area (Å²) in [5, 5.41) is 19.0. The molecular formula is C20H22FN3O2S. The molecule has 0 spiro atoms. The van der Waals surface area contributed by atoms with Crippen molar-refractivity contribution >= 4 is 11.8 Å². The van der Waals surface area contributed by atoms with E-state index in [-0.39, 0.29) is 12.4 Å². The molecule has 0 aliphatic rings. The van der Waals surface area contributed by atoms with Crippen LogP contribution in [0.15, 0.2) is 47.6 Å². The minimum absolute atomic E-state index is 0.188. The molecule has 0 aliphatic heterocycles. The molecule has 1 aromatic heterocycles. The average Bonchev–Trinajstić information content (AvgIpc) is 2.98.